The van der Waals surface area contributed by atoms with Gasteiger partial charge in [0.2, 0.25) is 17.7 Å². The number of nitrogens with zero attached hydrogens (tertiary/aromatic N) is 4. The maximum atomic E-state index is 11.0. The second kappa shape index (κ2) is 8.84. The summed E-state index contributed by atoms with van der Waals surface area (Å²) in [5.74, 6) is 0.749. The number of carbonyl (C=O) groups is 1. The topological polar surface area (TPSA) is 127 Å². The molecule has 0 aliphatic heterocycles. The van der Waals surface area contributed by atoms with Crippen molar-refractivity contribution in [2.45, 2.75) is 20.8 Å². The van der Waals surface area contributed by atoms with Crippen LogP contribution in [0.1, 0.15) is 27.9 Å². The highest BCUT2D eigenvalue weighted by Gasteiger charge is 2.13. The molecular weight excluding hydrogens is 380 g/mol. The summed E-state index contributed by atoms with van der Waals surface area (Å²) in [6, 6.07) is 12.8. The van der Waals surface area contributed by atoms with Crippen molar-refractivity contribution in [1.82, 2.24) is 15.2 Å². The van der Waals surface area contributed by atoms with Crippen LogP contribution in [0.4, 0.5) is 11.6 Å². The van der Waals surface area contributed by atoms with E-state index in [4.69, 9.17) is 15.7 Å². The van der Waals surface area contributed by atoms with Crippen LogP contribution in [0.15, 0.2) is 42.5 Å². The fourth-order valence-corrected chi connectivity index (χ4v) is 2.79. The van der Waals surface area contributed by atoms with Crippen LogP contribution in [0, 0.1) is 32.1 Å². The highest BCUT2D eigenvalue weighted by Crippen LogP contribution is 2.31. The molecule has 0 saturated heterocycles. The van der Waals surface area contributed by atoms with Crippen molar-refractivity contribution in [3.8, 4) is 17.7 Å². The maximum Gasteiger partial charge on any atom is 0.250 e. The highest BCUT2D eigenvalue weighted by molar-refractivity contribution is 5.90. The SMILES string of the molecule is Cc1cc(C=CC(N)=O)cc(C)c1Oc1nc(Nc2ccc(C#N)cc2)nnc1C. The smallest absolute Gasteiger partial charge is 0.250 e. The number of rotatable bonds is 6. The Balaban J connectivity index is 1.85. The molecule has 0 saturated carbocycles. The Morgan fingerprint density at radius 2 is 1.80 bits per heavy atom. The standard InChI is InChI=1S/C22H20N6O2/c1-13-10-17(6-9-19(24)29)11-14(2)20(13)30-21-15(3)27-28-22(26-21)25-18-7-4-16(12-23)5-8-18/h4-11H,1-3H3,(H2,24,29)(H,25,26,28). The van der Waals surface area contributed by atoms with Crippen molar-refractivity contribution < 1.29 is 9.53 Å². The van der Waals surface area contributed by atoms with E-state index >= 15 is 0 Å². The molecule has 8 nitrogen and oxygen atoms in total. The number of aryl methyl sites for hydroxylation is 3. The fraction of sp³-hybridized carbons (Fsp3) is 0.136. The number of nitriles is 1. The summed E-state index contributed by atoms with van der Waals surface area (Å²) in [6.07, 6.45) is 2.97. The van der Waals surface area contributed by atoms with Gasteiger partial charge in [0.25, 0.3) is 0 Å². The van der Waals surface area contributed by atoms with Gasteiger partial charge in [0.1, 0.15) is 11.4 Å². The van der Waals surface area contributed by atoms with Crippen LogP contribution in [-0.4, -0.2) is 21.1 Å². The van der Waals surface area contributed by atoms with E-state index in [1.54, 1.807) is 37.3 Å². The van der Waals surface area contributed by atoms with Gasteiger partial charge in [0.15, 0.2) is 0 Å². The second-order valence-corrected chi connectivity index (χ2v) is 6.66. The average Bonchev–Trinajstić information content (AvgIpc) is 2.72. The molecule has 3 aromatic rings. The normalized spacial score (nSPS) is 10.6. The third-order valence-corrected chi connectivity index (χ3v) is 4.20. The molecule has 3 rings (SSSR count). The Labute approximate surface area is 174 Å². The molecule has 0 aliphatic rings. The number of hydrogen-bond donors (Lipinski definition) is 2. The van der Waals surface area contributed by atoms with Crippen molar-refractivity contribution in [2.75, 3.05) is 5.32 Å². The van der Waals surface area contributed by atoms with Gasteiger partial charge < -0.3 is 15.8 Å². The molecule has 0 unspecified atom stereocenters. The lowest BCUT2D eigenvalue weighted by Crippen LogP contribution is -2.05. The zero-order valence-electron chi connectivity index (χ0n) is 16.8. The number of carbonyl (C=O) groups excluding carboxylic acids is 1. The zero-order chi connectivity index (χ0) is 21.7. The molecule has 1 heterocycles. The molecule has 1 amide bonds. The minimum Gasteiger partial charge on any atom is -0.437 e. The summed E-state index contributed by atoms with van der Waals surface area (Å²) in [4.78, 5) is 15.4. The van der Waals surface area contributed by atoms with E-state index in [2.05, 4.69) is 26.6 Å². The van der Waals surface area contributed by atoms with Crippen LogP contribution < -0.4 is 15.8 Å². The number of anilines is 2. The van der Waals surface area contributed by atoms with Crippen LogP contribution in [0.25, 0.3) is 6.08 Å². The number of aromatic nitrogens is 3. The van der Waals surface area contributed by atoms with Gasteiger partial charge in [-0.2, -0.15) is 10.2 Å². The van der Waals surface area contributed by atoms with E-state index in [9.17, 15) is 4.79 Å². The number of ether oxygens (including phenoxy) is 1. The summed E-state index contributed by atoms with van der Waals surface area (Å²) in [6.45, 7) is 5.57. The Hall–Kier alpha value is -4.25. The number of amides is 1. The zero-order valence-corrected chi connectivity index (χ0v) is 16.8. The first-order chi connectivity index (χ1) is 14.4. The van der Waals surface area contributed by atoms with Gasteiger partial charge in [-0.25, -0.2) is 0 Å². The minimum absolute atomic E-state index is 0.275. The summed E-state index contributed by atoms with van der Waals surface area (Å²) < 4.78 is 6.05. The Morgan fingerprint density at radius 1 is 1.13 bits per heavy atom. The lowest BCUT2D eigenvalue weighted by Gasteiger charge is -2.14. The molecule has 0 spiro atoms. The molecule has 0 bridgehead atoms. The van der Waals surface area contributed by atoms with Crippen LogP contribution >= 0.6 is 0 Å². The van der Waals surface area contributed by atoms with Gasteiger partial charge in [-0.3, -0.25) is 4.79 Å². The van der Waals surface area contributed by atoms with Crippen molar-refractivity contribution in [3.05, 3.63) is 70.4 Å². The molecule has 3 N–H and O–H groups in total. The Bertz CT molecular complexity index is 1140. The molecule has 150 valence electrons. The second-order valence-electron chi connectivity index (χ2n) is 6.66. The summed E-state index contributed by atoms with van der Waals surface area (Å²) in [5, 5.41) is 20.1. The van der Waals surface area contributed by atoms with E-state index in [1.165, 1.54) is 6.08 Å². The first-order valence-electron chi connectivity index (χ1n) is 9.11. The number of nitrogens with one attached hydrogen (secondary N) is 1. The van der Waals surface area contributed by atoms with Gasteiger partial charge in [0.05, 0.1) is 11.6 Å². The van der Waals surface area contributed by atoms with Crippen LogP contribution in [0.3, 0.4) is 0 Å². The molecule has 1 aromatic heterocycles. The third kappa shape index (κ3) is 4.97. The predicted octanol–water partition coefficient (Wildman–Crippen LogP) is 3.70. The van der Waals surface area contributed by atoms with E-state index < -0.39 is 5.91 Å². The summed E-state index contributed by atoms with van der Waals surface area (Å²) in [5.41, 5.74) is 9.58. The van der Waals surface area contributed by atoms with Crippen molar-refractivity contribution >= 4 is 23.6 Å². The van der Waals surface area contributed by atoms with E-state index in [0.29, 0.717) is 22.9 Å². The molecule has 8 heteroatoms. The van der Waals surface area contributed by atoms with Gasteiger partial charge in [-0.15, -0.1) is 10.2 Å². The van der Waals surface area contributed by atoms with Crippen LogP contribution in [-0.2, 0) is 4.79 Å². The fourth-order valence-electron chi connectivity index (χ4n) is 2.79. The number of primary amides is 1. The first-order valence-corrected chi connectivity index (χ1v) is 9.11. The van der Waals surface area contributed by atoms with Gasteiger partial charge in [-0.1, -0.05) is 0 Å². The average molecular weight is 400 g/mol. The molecule has 2 aromatic carbocycles. The first kappa shape index (κ1) is 20.5. The quantitative estimate of drug-likeness (QED) is 0.604. The van der Waals surface area contributed by atoms with Gasteiger partial charge >= 0.3 is 0 Å². The molecule has 0 atom stereocenters. The van der Waals surface area contributed by atoms with E-state index in [0.717, 1.165) is 22.4 Å². The lowest BCUT2D eigenvalue weighted by molar-refractivity contribution is -0.113. The molecule has 0 radical (unpaired) electrons. The highest BCUT2D eigenvalue weighted by atomic mass is 16.5. The lowest BCUT2D eigenvalue weighted by atomic mass is 10.1. The summed E-state index contributed by atoms with van der Waals surface area (Å²) in [7, 11) is 0. The summed E-state index contributed by atoms with van der Waals surface area (Å²) >= 11 is 0. The van der Waals surface area contributed by atoms with Crippen LogP contribution in [0.5, 0.6) is 11.6 Å². The van der Waals surface area contributed by atoms with Gasteiger partial charge in [-0.05, 0) is 79.9 Å². The number of nitrogens with two attached hydrogens (primary N) is 1. The molecular formula is C22H20N6O2. The Morgan fingerprint density at radius 3 is 2.40 bits per heavy atom. The largest absolute Gasteiger partial charge is 0.437 e. The molecule has 0 fully saturated rings. The number of hydrogen-bond acceptors (Lipinski definition) is 7. The molecule has 0 aliphatic carbocycles. The minimum atomic E-state index is -0.504. The van der Waals surface area contributed by atoms with Crippen molar-refractivity contribution in [2.24, 2.45) is 5.73 Å². The molecule has 30 heavy (non-hydrogen) atoms. The third-order valence-electron chi connectivity index (χ3n) is 4.20. The van der Waals surface area contributed by atoms with E-state index in [-0.39, 0.29) is 5.95 Å². The van der Waals surface area contributed by atoms with Crippen molar-refractivity contribution in [3.63, 3.8) is 0 Å². The monoisotopic (exact) mass is 400 g/mol. The van der Waals surface area contributed by atoms with Gasteiger partial charge in [0, 0.05) is 11.8 Å². The number of benzene rings is 2. The Kier molecular flexibility index (Phi) is 6.03. The van der Waals surface area contributed by atoms with Crippen LogP contribution in [0.2, 0.25) is 0 Å². The maximum absolute atomic E-state index is 11.0. The predicted molar refractivity (Wildman–Crippen MR) is 113 cm³/mol. The van der Waals surface area contributed by atoms with E-state index in [1.807, 2.05) is 26.0 Å². The van der Waals surface area contributed by atoms with Crippen molar-refractivity contribution in [1.29, 1.82) is 5.26 Å².